The number of hydrogen-bond acceptors (Lipinski definition) is 3. The number of methoxy groups -OCH3 is 1. The second kappa shape index (κ2) is 4.92. The molecule has 0 spiro atoms. The van der Waals surface area contributed by atoms with Crippen molar-refractivity contribution in [1.29, 1.82) is 5.26 Å². The minimum absolute atomic E-state index is 0.171. The second-order valence-electron chi connectivity index (χ2n) is 4.06. The van der Waals surface area contributed by atoms with Crippen LogP contribution < -0.4 is 10.2 Å². The van der Waals surface area contributed by atoms with Crippen LogP contribution in [0.1, 0.15) is 18.9 Å². The van der Waals surface area contributed by atoms with Crippen LogP contribution in [-0.4, -0.2) is 11.7 Å². The maximum Gasteiger partial charge on any atom is 0.207 e. The van der Waals surface area contributed by atoms with Gasteiger partial charge in [0.2, 0.25) is 5.43 Å². The summed E-state index contributed by atoms with van der Waals surface area (Å²) in [5, 5.41) is 9.53. The van der Waals surface area contributed by atoms with Crippen LogP contribution in [-0.2, 0) is 6.54 Å². The molecule has 0 saturated carbocycles. The Bertz CT molecular complexity index is 680. The first kappa shape index (κ1) is 12.2. The van der Waals surface area contributed by atoms with Gasteiger partial charge in [0, 0.05) is 12.7 Å². The third-order valence-corrected chi connectivity index (χ3v) is 2.87. The maximum atomic E-state index is 12.1. The Morgan fingerprint density at radius 2 is 2.22 bits per heavy atom. The van der Waals surface area contributed by atoms with Crippen LogP contribution in [0.5, 0.6) is 5.75 Å². The molecule has 92 valence electrons. The van der Waals surface area contributed by atoms with Crippen molar-refractivity contribution in [2.75, 3.05) is 7.11 Å². The Balaban J connectivity index is 2.83. The molecule has 2 rings (SSSR count). The van der Waals surface area contributed by atoms with E-state index in [1.54, 1.807) is 19.4 Å². The van der Waals surface area contributed by atoms with E-state index in [4.69, 9.17) is 10.00 Å². The number of nitriles is 1. The van der Waals surface area contributed by atoms with Crippen molar-refractivity contribution in [3.05, 3.63) is 40.2 Å². The Morgan fingerprint density at radius 1 is 1.44 bits per heavy atom. The molecule has 4 heteroatoms. The van der Waals surface area contributed by atoms with E-state index in [-0.39, 0.29) is 11.0 Å². The van der Waals surface area contributed by atoms with Crippen LogP contribution in [0.4, 0.5) is 0 Å². The molecule has 18 heavy (non-hydrogen) atoms. The SMILES string of the molecule is CCCn1cc(C#N)c(=O)c2cc(OC)ccc21. The number of benzene rings is 1. The van der Waals surface area contributed by atoms with E-state index in [9.17, 15) is 4.79 Å². The molecule has 0 atom stereocenters. The lowest BCUT2D eigenvalue weighted by Crippen LogP contribution is -2.13. The number of aryl methyl sites for hydroxylation is 1. The predicted molar refractivity (Wildman–Crippen MR) is 69.8 cm³/mol. The summed E-state index contributed by atoms with van der Waals surface area (Å²) in [5.74, 6) is 0.623. The number of ether oxygens (including phenoxy) is 1. The van der Waals surface area contributed by atoms with Gasteiger partial charge in [-0.1, -0.05) is 6.92 Å². The van der Waals surface area contributed by atoms with Crippen LogP contribution in [0.15, 0.2) is 29.2 Å². The Hall–Kier alpha value is -2.28. The number of nitrogens with zero attached hydrogens (tertiary/aromatic N) is 2. The van der Waals surface area contributed by atoms with E-state index < -0.39 is 0 Å². The van der Waals surface area contributed by atoms with Crippen molar-refractivity contribution in [2.45, 2.75) is 19.9 Å². The number of hydrogen-bond donors (Lipinski definition) is 0. The van der Waals surface area contributed by atoms with E-state index in [2.05, 4.69) is 6.92 Å². The smallest absolute Gasteiger partial charge is 0.207 e. The Labute approximate surface area is 105 Å². The molecule has 1 aromatic heterocycles. The van der Waals surface area contributed by atoms with Gasteiger partial charge in [0.15, 0.2) is 0 Å². The zero-order chi connectivity index (χ0) is 13.1. The molecule has 2 aromatic rings. The molecule has 0 aliphatic rings. The van der Waals surface area contributed by atoms with Gasteiger partial charge in [-0.25, -0.2) is 0 Å². The molecule has 0 amide bonds. The number of rotatable bonds is 3. The minimum atomic E-state index is -0.237. The summed E-state index contributed by atoms with van der Waals surface area (Å²) in [6, 6.07) is 7.31. The van der Waals surface area contributed by atoms with Gasteiger partial charge in [-0.05, 0) is 24.6 Å². The van der Waals surface area contributed by atoms with E-state index in [1.165, 1.54) is 0 Å². The summed E-state index contributed by atoms with van der Waals surface area (Å²) in [5.41, 5.74) is 0.768. The summed E-state index contributed by atoms with van der Waals surface area (Å²) >= 11 is 0. The topological polar surface area (TPSA) is 55.0 Å². The largest absolute Gasteiger partial charge is 0.497 e. The first-order chi connectivity index (χ1) is 8.71. The van der Waals surface area contributed by atoms with Gasteiger partial charge in [0.1, 0.15) is 17.4 Å². The van der Waals surface area contributed by atoms with E-state index in [0.717, 1.165) is 18.5 Å². The fourth-order valence-corrected chi connectivity index (χ4v) is 2.01. The fourth-order valence-electron chi connectivity index (χ4n) is 2.01. The van der Waals surface area contributed by atoms with Crippen LogP contribution in [0.3, 0.4) is 0 Å². The highest BCUT2D eigenvalue weighted by molar-refractivity contribution is 5.81. The van der Waals surface area contributed by atoms with Crippen LogP contribution in [0, 0.1) is 11.3 Å². The van der Waals surface area contributed by atoms with Crippen molar-refractivity contribution in [3.63, 3.8) is 0 Å². The molecule has 1 heterocycles. The molecule has 1 aromatic carbocycles. The van der Waals surface area contributed by atoms with E-state index in [1.807, 2.05) is 22.8 Å². The lowest BCUT2D eigenvalue weighted by molar-refractivity contribution is 0.415. The van der Waals surface area contributed by atoms with Crippen LogP contribution >= 0.6 is 0 Å². The van der Waals surface area contributed by atoms with Gasteiger partial charge in [-0.3, -0.25) is 4.79 Å². The van der Waals surface area contributed by atoms with Gasteiger partial charge in [-0.15, -0.1) is 0 Å². The number of pyridine rings is 1. The van der Waals surface area contributed by atoms with E-state index in [0.29, 0.717) is 11.1 Å². The van der Waals surface area contributed by atoms with Crippen molar-refractivity contribution < 1.29 is 4.74 Å². The molecule has 0 N–H and O–H groups in total. The average Bonchev–Trinajstić information content (AvgIpc) is 2.41. The van der Waals surface area contributed by atoms with Gasteiger partial charge >= 0.3 is 0 Å². The van der Waals surface area contributed by atoms with Crippen molar-refractivity contribution >= 4 is 10.9 Å². The van der Waals surface area contributed by atoms with Gasteiger partial charge in [-0.2, -0.15) is 5.26 Å². The summed E-state index contributed by atoms with van der Waals surface area (Å²) in [4.78, 5) is 12.1. The number of fused-ring (bicyclic) bond motifs is 1. The zero-order valence-corrected chi connectivity index (χ0v) is 10.4. The van der Waals surface area contributed by atoms with Crippen molar-refractivity contribution in [3.8, 4) is 11.8 Å². The highest BCUT2D eigenvalue weighted by Crippen LogP contribution is 2.19. The monoisotopic (exact) mass is 242 g/mol. The summed E-state index contributed by atoms with van der Waals surface area (Å²) in [6.45, 7) is 2.83. The molecule has 0 aliphatic heterocycles. The quantitative estimate of drug-likeness (QED) is 0.829. The van der Waals surface area contributed by atoms with Crippen molar-refractivity contribution in [2.24, 2.45) is 0 Å². The average molecular weight is 242 g/mol. The lowest BCUT2D eigenvalue weighted by atomic mass is 10.1. The minimum Gasteiger partial charge on any atom is -0.497 e. The molecule has 0 radical (unpaired) electrons. The first-order valence-corrected chi connectivity index (χ1v) is 5.82. The normalized spacial score (nSPS) is 10.3. The predicted octanol–water partition coefficient (Wildman–Crippen LogP) is 2.29. The third kappa shape index (κ3) is 1.95. The van der Waals surface area contributed by atoms with Gasteiger partial charge in [0.25, 0.3) is 0 Å². The summed E-state index contributed by atoms with van der Waals surface area (Å²) in [7, 11) is 1.56. The standard InChI is InChI=1S/C14H14N2O2/c1-3-6-16-9-10(8-15)14(17)12-7-11(18-2)4-5-13(12)16/h4-5,7,9H,3,6H2,1-2H3. The Kier molecular flexibility index (Phi) is 3.33. The molecule has 0 fully saturated rings. The molecule has 0 aliphatic carbocycles. The molecular weight excluding hydrogens is 228 g/mol. The Morgan fingerprint density at radius 3 is 2.83 bits per heavy atom. The molecule has 4 nitrogen and oxygen atoms in total. The first-order valence-electron chi connectivity index (χ1n) is 5.82. The summed E-state index contributed by atoms with van der Waals surface area (Å²) in [6.07, 6.45) is 2.56. The lowest BCUT2D eigenvalue weighted by Gasteiger charge is -2.11. The summed E-state index contributed by atoms with van der Waals surface area (Å²) < 4.78 is 7.06. The number of aromatic nitrogens is 1. The molecule has 0 saturated heterocycles. The van der Waals surface area contributed by atoms with Crippen LogP contribution in [0.25, 0.3) is 10.9 Å². The fraction of sp³-hybridized carbons (Fsp3) is 0.286. The van der Waals surface area contributed by atoms with Gasteiger partial charge < -0.3 is 9.30 Å². The van der Waals surface area contributed by atoms with Crippen molar-refractivity contribution in [1.82, 2.24) is 4.57 Å². The van der Waals surface area contributed by atoms with E-state index >= 15 is 0 Å². The zero-order valence-electron chi connectivity index (χ0n) is 10.4. The highest BCUT2D eigenvalue weighted by atomic mass is 16.5. The maximum absolute atomic E-state index is 12.1. The van der Waals surface area contributed by atoms with Gasteiger partial charge in [0.05, 0.1) is 18.0 Å². The molecular formula is C14H14N2O2. The second-order valence-corrected chi connectivity index (χ2v) is 4.06. The third-order valence-electron chi connectivity index (χ3n) is 2.87. The van der Waals surface area contributed by atoms with Crippen LogP contribution in [0.2, 0.25) is 0 Å². The molecule has 0 bridgehead atoms. The highest BCUT2D eigenvalue weighted by Gasteiger charge is 2.09. The molecule has 0 unspecified atom stereocenters.